The first kappa shape index (κ1) is 17.6. The zero-order valence-electron chi connectivity index (χ0n) is 14.0. The second-order valence-corrected chi connectivity index (χ2v) is 8.04. The van der Waals surface area contributed by atoms with E-state index in [9.17, 15) is 13.2 Å². The number of aryl methyl sites for hydroxylation is 2. The molecular weight excluding hydrogens is 346 g/mol. The number of benzene rings is 1. The molecule has 1 N–H and O–H groups in total. The molecule has 0 amide bonds. The highest BCUT2D eigenvalue weighted by Gasteiger charge is 2.33. The maximum atomic E-state index is 13.0. The van der Waals surface area contributed by atoms with Crippen LogP contribution in [0, 0.1) is 19.8 Å². The van der Waals surface area contributed by atoms with Crippen LogP contribution in [0.1, 0.15) is 24.3 Å². The number of carbonyl (C=O) groups is 1. The first-order chi connectivity index (χ1) is 11.8. The molecule has 0 unspecified atom stereocenters. The van der Waals surface area contributed by atoms with Gasteiger partial charge in [-0.2, -0.15) is 9.29 Å². The molecular formula is C16H19N3O5S. The minimum atomic E-state index is -3.71. The van der Waals surface area contributed by atoms with Crippen molar-refractivity contribution in [3.8, 4) is 11.4 Å². The summed E-state index contributed by atoms with van der Waals surface area (Å²) in [6.45, 7) is 3.78. The van der Waals surface area contributed by atoms with E-state index in [0.717, 1.165) is 0 Å². The summed E-state index contributed by atoms with van der Waals surface area (Å²) in [6, 6.07) is 4.99. The van der Waals surface area contributed by atoms with Crippen LogP contribution in [-0.2, 0) is 14.8 Å². The fraction of sp³-hybridized carbons (Fsp3) is 0.438. The molecule has 0 atom stereocenters. The Morgan fingerprint density at radius 1 is 1.28 bits per heavy atom. The van der Waals surface area contributed by atoms with Gasteiger partial charge in [-0.05, 0) is 31.4 Å². The third-order valence-electron chi connectivity index (χ3n) is 4.39. The third kappa shape index (κ3) is 3.42. The normalized spacial score (nSPS) is 16.9. The molecule has 3 rings (SSSR count). The van der Waals surface area contributed by atoms with Gasteiger partial charge in [-0.25, -0.2) is 8.42 Å². The van der Waals surface area contributed by atoms with Crippen LogP contribution in [0.4, 0.5) is 0 Å². The summed E-state index contributed by atoms with van der Waals surface area (Å²) in [6.07, 6.45) is 0.634. The summed E-state index contributed by atoms with van der Waals surface area (Å²) < 4.78 is 32.3. The van der Waals surface area contributed by atoms with E-state index in [4.69, 9.17) is 9.63 Å². The second kappa shape index (κ2) is 6.57. The molecule has 1 fully saturated rings. The van der Waals surface area contributed by atoms with Crippen molar-refractivity contribution < 1.29 is 22.8 Å². The molecule has 1 aliphatic rings. The average molecular weight is 365 g/mol. The van der Waals surface area contributed by atoms with Gasteiger partial charge in [-0.1, -0.05) is 17.3 Å². The minimum absolute atomic E-state index is 0.182. The molecule has 134 valence electrons. The van der Waals surface area contributed by atoms with E-state index < -0.39 is 21.9 Å². The van der Waals surface area contributed by atoms with E-state index >= 15 is 0 Å². The zero-order valence-corrected chi connectivity index (χ0v) is 14.8. The van der Waals surface area contributed by atoms with Gasteiger partial charge in [0.1, 0.15) is 0 Å². The van der Waals surface area contributed by atoms with Crippen LogP contribution in [0.2, 0.25) is 0 Å². The Bertz CT molecular complexity index is 898. The molecule has 0 aliphatic carbocycles. The fourth-order valence-corrected chi connectivity index (χ4v) is 4.64. The fourth-order valence-electron chi connectivity index (χ4n) is 2.92. The molecule has 8 nitrogen and oxygen atoms in total. The SMILES string of the molecule is Cc1nc(-c2ccc(C)c(S(=O)(=O)N3CCC(C(=O)O)CC3)c2)no1. The standard InChI is InChI=1S/C16H19N3O5S/c1-10-3-4-13(15-17-11(2)24-18-15)9-14(10)25(22,23)19-7-5-12(6-8-19)16(20)21/h3-4,9,12H,5-8H2,1-2H3,(H,20,21). The Kier molecular flexibility index (Phi) is 4.61. The lowest BCUT2D eigenvalue weighted by atomic mass is 9.99. The van der Waals surface area contributed by atoms with Crippen molar-refractivity contribution >= 4 is 16.0 Å². The van der Waals surface area contributed by atoms with Gasteiger partial charge in [-0.15, -0.1) is 0 Å². The van der Waals surface area contributed by atoms with Crippen LogP contribution in [-0.4, -0.2) is 47.0 Å². The first-order valence-electron chi connectivity index (χ1n) is 7.93. The number of piperidine rings is 1. The van der Waals surface area contributed by atoms with Crippen LogP contribution < -0.4 is 0 Å². The molecule has 0 saturated carbocycles. The number of nitrogens with zero attached hydrogens (tertiary/aromatic N) is 3. The van der Waals surface area contributed by atoms with Crippen LogP contribution in [0.5, 0.6) is 0 Å². The maximum Gasteiger partial charge on any atom is 0.306 e. The number of rotatable bonds is 4. The van der Waals surface area contributed by atoms with Crippen molar-refractivity contribution in [2.45, 2.75) is 31.6 Å². The number of sulfonamides is 1. The molecule has 1 aliphatic heterocycles. The molecule has 0 radical (unpaired) electrons. The Morgan fingerprint density at radius 3 is 2.52 bits per heavy atom. The summed E-state index contributed by atoms with van der Waals surface area (Å²) >= 11 is 0. The van der Waals surface area contributed by atoms with Crippen molar-refractivity contribution in [3.05, 3.63) is 29.7 Å². The van der Waals surface area contributed by atoms with Crippen molar-refractivity contribution in [1.29, 1.82) is 0 Å². The highest BCUT2D eigenvalue weighted by atomic mass is 32.2. The predicted molar refractivity (Wildman–Crippen MR) is 88.3 cm³/mol. The Hall–Kier alpha value is -2.26. The number of carboxylic acids is 1. The first-order valence-corrected chi connectivity index (χ1v) is 9.37. The summed E-state index contributed by atoms with van der Waals surface area (Å²) in [4.78, 5) is 15.4. The Labute approximate surface area is 145 Å². The number of hydrogen-bond donors (Lipinski definition) is 1. The highest BCUT2D eigenvalue weighted by Crippen LogP contribution is 2.28. The molecule has 2 heterocycles. The second-order valence-electron chi connectivity index (χ2n) is 6.13. The van der Waals surface area contributed by atoms with E-state index in [1.54, 1.807) is 26.0 Å². The van der Waals surface area contributed by atoms with E-state index in [2.05, 4.69) is 10.1 Å². The number of carboxylic acid groups (broad SMARTS) is 1. The highest BCUT2D eigenvalue weighted by molar-refractivity contribution is 7.89. The van der Waals surface area contributed by atoms with Crippen molar-refractivity contribution in [2.75, 3.05) is 13.1 Å². The van der Waals surface area contributed by atoms with Crippen molar-refractivity contribution in [3.63, 3.8) is 0 Å². The molecule has 1 aromatic heterocycles. The smallest absolute Gasteiger partial charge is 0.306 e. The van der Waals surface area contributed by atoms with Crippen molar-refractivity contribution in [1.82, 2.24) is 14.4 Å². The summed E-state index contributed by atoms with van der Waals surface area (Å²) in [5.41, 5.74) is 1.17. The van der Waals surface area contributed by atoms with Gasteiger partial charge in [0.15, 0.2) is 0 Å². The largest absolute Gasteiger partial charge is 0.481 e. The lowest BCUT2D eigenvalue weighted by Gasteiger charge is -2.29. The zero-order chi connectivity index (χ0) is 18.2. The molecule has 1 aromatic carbocycles. The molecule has 25 heavy (non-hydrogen) atoms. The van der Waals surface area contributed by atoms with Gasteiger partial charge in [0.05, 0.1) is 10.8 Å². The van der Waals surface area contributed by atoms with Gasteiger partial charge in [0.2, 0.25) is 21.7 Å². The molecule has 1 saturated heterocycles. The van der Waals surface area contributed by atoms with Crippen molar-refractivity contribution in [2.24, 2.45) is 5.92 Å². The quantitative estimate of drug-likeness (QED) is 0.879. The Balaban J connectivity index is 1.91. The summed E-state index contributed by atoms with van der Waals surface area (Å²) in [5.74, 6) is -0.627. The molecule has 0 bridgehead atoms. The topological polar surface area (TPSA) is 114 Å². The molecule has 2 aromatic rings. The molecule has 9 heteroatoms. The van der Waals surface area contributed by atoms with Gasteiger partial charge in [0, 0.05) is 25.6 Å². The van der Waals surface area contributed by atoms with Gasteiger partial charge < -0.3 is 9.63 Å². The van der Waals surface area contributed by atoms with E-state index in [-0.39, 0.29) is 18.0 Å². The summed E-state index contributed by atoms with van der Waals surface area (Å²) in [7, 11) is -3.71. The number of hydrogen-bond acceptors (Lipinski definition) is 6. The minimum Gasteiger partial charge on any atom is -0.481 e. The van der Waals surface area contributed by atoms with E-state index in [1.165, 1.54) is 10.4 Å². The van der Waals surface area contributed by atoms with Crippen LogP contribution in [0.25, 0.3) is 11.4 Å². The average Bonchev–Trinajstić information content (AvgIpc) is 3.01. The van der Waals surface area contributed by atoms with Gasteiger partial charge in [-0.3, -0.25) is 4.79 Å². The van der Waals surface area contributed by atoms with Crippen LogP contribution in [0.3, 0.4) is 0 Å². The predicted octanol–water partition coefficient (Wildman–Crippen LogP) is 1.84. The molecule has 0 spiro atoms. The van der Waals surface area contributed by atoms with Gasteiger partial charge >= 0.3 is 5.97 Å². The monoisotopic (exact) mass is 365 g/mol. The number of aliphatic carboxylic acids is 1. The Morgan fingerprint density at radius 2 is 1.96 bits per heavy atom. The van der Waals surface area contributed by atoms with Crippen LogP contribution >= 0.6 is 0 Å². The number of aromatic nitrogens is 2. The lowest BCUT2D eigenvalue weighted by molar-refractivity contribution is -0.142. The summed E-state index contributed by atoms with van der Waals surface area (Å²) in [5, 5.41) is 12.9. The third-order valence-corrected chi connectivity index (χ3v) is 6.44. The maximum absolute atomic E-state index is 13.0. The van der Waals surface area contributed by atoms with Crippen LogP contribution in [0.15, 0.2) is 27.6 Å². The van der Waals surface area contributed by atoms with E-state index in [0.29, 0.717) is 35.7 Å². The van der Waals surface area contributed by atoms with E-state index in [1.807, 2.05) is 0 Å². The van der Waals surface area contributed by atoms with Gasteiger partial charge in [0.25, 0.3) is 0 Å². The lowest BCUT2D eigenvalue weighted by Crippen LogP contribution is -2.40.